The van der Waals surface area contributed by atoms with Crippen LogP contribution in [0.1, 0.15) is 47.8 Å². The Kier molecular flexibility index (Phi) is 8.50. The lowest BCUT2D eigenvalue weighted by Gasteiger charge is -2.39. The molecule has 1 heterocycles. The number of aliphatic hydroxyl groups is 4. The van der Waals surface area contributed by atoms with Crippen LogP contribution in [0.4, 0.5) is 0 Å². The van der Waals surface area contributed by atoms with E-state index in [-0.39, 0.29) is 46.1 Å². The predicted molar refractivity (Wildman–Crippen MR) is 143 cm³/mol. The van der Waals surface area contributed by atoms with Crippen LogP contribution in [-0.4, -0.2) is 75.0 Å². The summed E-state index contributed by atoms with van der Waals surface area (Å²) in [7, 11) is 1.34. The first kappa shape index (κ1) is 29.1. The van der Waals surface area contributed by atoms with Crippen molar-refractivity contribution in [3.63, 3.8) is 0 Å². The van der Waals surface area contributed by atoms with Gasteiger partial charge in [0, 0.05) is 23.1 Å². The molecule has 1 amide bonds. The molecule has 5 atom stereocenters. The van der Waals surface area contributed by atoms with Crippen LogP contribution < -0.4 is 14.8 Å². The molecule has 4 rings (SSSR count). The summed E-state index contributed by atoms with van der Waals surface area (Å²) in [4.78, 5) is 26.1. The Morgan fingerprint density at radius 2 is 1.82 bits per heavy atom. The van der Waals surface area contributed by atoms with Crippen molar-refractivity contribution < 1.29 is 49.3 Å². The van der Waals surface area contributed by atoms with E-state index in [1.54, 1.807) is 0 Å². The maximum Gasteiger partial charge on any atom is 0.255 e. The predicted octanol–water partition coefficient (Wildman–Crippen LogP) is 1.90. The summed E-state index contributed by atoms with van der Waals surface area (Å²) in [6.45, 7) is 5.35. The molecule has 0 spiro atoms. The highest BCUT2D eigenvalue weighted by Crippen LogP contribution is 2.41. The molecule has 1 fully saturated rings. The number of fused-ring (bicyclic) bond motifs is 1. The Hall–Kier alpha value is -3.90. The molecule has 1 saturated heterocycles. The number of carbonyl (C=O) groups is 2. The number of Topliss-reactive ketones (excluding diaryl/α,β-unsaturated/α-hetero) is 1. The molecular weight excluding hydrogens is 522 g/mol. The minimum Gasteiger partial charge on any atom is -0.508 e. The molecule has 0 saturated carbocycles. The number of carbonyl (C=O) groups excluding carboxylic acids is 2. The zero-order chi connectivity index (χ0) is 29.3. The minimum atomic E-state index is -1.56. The van der Waals surface area contributed by atoms with E-state index in [2.05, 4.69) is 5.32 Å². The monoisotopic (exact) mass is 555 g/mol. The lowest BCUT2D eigenvalue weighted by molar-refractivity contribution is -0.268. The van der Waals surface area contributed by atoms with Gasteiger partial charge in [-0.25, -0.2) is 0 Å². The van der Waals surface area contributed by atoms with Gasteiger partial charge in [0.1, 0.15) is 35.5 Å². The SMILES string of the molecule is COc1c(O[C@@H]2O[C@H](C)[C@@H](O)[C@H](O)[C@H]2O)ccc2c1CC(=O)C(NC(=O)c1ccc(O)c(CC=C(C)C)c1)=C2O. The average Bonchev–Trinajstić information content (AvgIpc) is 2.91. The van der Waals surface area contributed by atoms with Gasteiger partial charge in [0.05, 0.1) is 13.2 Å². The van der Waals surface area contributed by atoms with Crippen molar-refractivity contribution in [1.82, 2.24) is 5.32 Å². The third-order valence-electron chi connectivity index (χ3n) is 6.90. The lowest BCUT2D eigenvalue weighted by atomic mass is 9.91. The molecule has 0 aromatic heterocycles. The third-order valence-corrected chi connectivity index (χ3v) is 6.90. The molecule has 11 nitrogen and oxygen atoms in total. The number of nitrogens with one attached hydrogen (secondary N) is 1. The fourth-order valence-electron chi connectivity index (χ4n) is 4.59. The van der Waals surface area contributed by atoms with Crippen LogP contribution in [0, 0.1) is 0 Å². The van der Waals surface area contributed by atoms with E-state index in [1.807, 2.05) is 19.9 Å². The van der Waals surface area contributed by atoms with Crippen LogP contribution in [0.15, 0.2) is 47.7 Å². The van der Waals surface area contributed by atoms with Crippen LogP contribution in [0.25, 0.3) is 5.76 Å². The summed E-state index contributed by atoms with van der Waals surface area (Å²) in [5.41, 5.74) is 2.00. The zero-order valence-electron chi connectivity index (χ0n) is 22.5. The number of ketones is 1. The minimum absolute atomic E-state index is 0.0372. The molecule has 214 valence electrons. The van der Waals surface area contributed by atoms with Gasteiger partial charge >= 0.3 is 0 Å². The van der Waals surface area contributed by atoms with Crippen LogP contribution in [-0.2, 0) is 22.4 Å². The van der Waals surface area contributed by atoms with E-state index in [4.69, 9.17) is 14.2 Å². The molecule has 1 aliphatic carbocycles. The molecule has 6 N–H and O–H groups in total. The van der Waals surface area contributed by atoms with Gasteiger partial charge < -0.3 is 45.1 Å². The van der Waals surface area contributed by atoms with Crippen molar-refractivity contribution in [2.75, 3.05) is 7.11 Å². The van der Waals surface area contributed by atoms with E-state index in [0.717, 1.165) is 5.57 Å². The third kappa shape index (κ3) is 5.68. The average molecular weight is 556 g/mol. The number of methoxy groups -OCH3 is 1. The molecule has 1 aliphatic heterocycles. The first-order valence-electron chi connectivity index (χ1n) is 12.7. The smallest absolute Gasteiger partial charge is 0.255 e. The summed E-state index contributed by atoms with van der Waals surface area (Å²) >= 11 is 0. The maximum absolute atomic E-state index is 13.1. The number of benzene rings is 2. The number of aromatic hydroxyl groups is 1. The normalized spacial score (nSPS) is 24.3. The molecule has 0 unspecified atom stereocenters. The molecule has 2 aromatic carbocycles. The highest BCUT2D eigenvalue weighted by molar-refractivity contribution is 6.10. The standard InChI is InChI=1S/C29H33NO10/c1-13(2)5-6-15-11-16(7-9-19(15)31)28(37)30-22-20(32)12-18-17(24(22)34)8-10-21(27(18)38-4)40-29-26(36)25(35)23(33)14(3)39-29/h5,7-11,14,23,25-26,29,31,33-36H,6,12H2,1-4H3,(H,30,37)/t14-,23-,25+,26-,29+/m1/s1. The number of hydrogen-bond acceptors (Lipinski definition) is 10. The quantitative estimate of drug-likeness (QED) is 0.277. The van der Waals surface area contributed by atoms with E-state index in [1.165, 1.54) is 44.4 Å². The van der Waals surface area contributed by atoms with Gasteiger partial charge in [0.25, 0.3) is 5.91 Å². The summed E-state index contributed by atoms with van der Waals surface area (Å²) in [6, 6.07) is 7.23. The molecule has 40 heavy (non-hydrogen) atoms. The zero-order valence-corrected chi connectivity index (χ0v) is 22.5. The number of ether oxygens (including phenoxy) is 3. The topological polar surface area (TPSA) is 175 Å². The van der Waals surface area contributed by atoms with Crippen LogP contribution >= 0.6 is 0 Å². The van der Waals surface area contributed by atoms with E-state index < -0.39 is 48.2 Å². The Labute approximate surface area is 230 Å². The van der Waals surface area contributed by atoms with Crippen LogP contribution in [0.5, 0.6) is 17.2 Å². The summed E-state index contributed by atoms with van der Waals surface area (Å²) in [5, 5.41) is 53.9. The van der Waals surface area contributed by atoms with Gasteiger partial charge in [-0.3, -0.25) is 9.59 Å². The Morgan fingerprint density at radius 1 is 1.10 bits per heavy atom. The largest absolute Gasteiger partial charge is 0.508 e. The van der Waals surface area contributed by atoms with Gasteiger partial charge in [-0.2, -0.15) is 0 Å². The van der Waals surface area contributed by atoms with Crippen molar-refractivity contribution in [2.45, 2.75) is 64.3 Å². The fourth-order valence-corrected chi connectivity index (χ4v) is 4.59. The second kappa shape index (κ2) is 11.7. The number of aliphatic hydroxyl groups excluding tert-OH is 4. The number of phenols is 1. The number of allylic oxidation sites excluding steroid dienone is 3. The van der Waals surface area contributed by atoms with Crippen molar-refractivity contribution in [3.05, 3.63) is 69.9 Å². The Bertz CT molecular complexity index is 1380. The highest BCUT2D eigenvalue weighted by atomic mass is 16.7. The summed E-state index contributed by atoms with van der Waals surface area (Å²) < 4.78 is 16.7. The van der Waals surface area contributed by atoms with Crippen molar-refractivity contribution >= 4 is 17.4 Å². The fraction of sp³-hybridized carbons (Fsp3) is 0.379. The van der Waals surface area contributed by atoms with E-state index in [0.29, 0.717) is 12.0 Å². The van der Waals surface area contributed by atoms with E-state index >= 15 is 0 Å². The van der Waals surface area contributed by atoms with E-state index in [9.17, 15) is 35.1 Å². The van der Waals surface area contributed by atoms with Crippen molar-refractivity contribution in [2.24, 2.45) is 0 Å². The molecule has 11 heteroatoms. The number of hydrogen-bond donors (Lipinski definition) is 6. The maximum atomic E-state index is 13.1. The number of amides is 1. The summed E-state index contributed by atoms with van der Waals surface area (Å²) in [5.74, 6) is -1.48. The van der Waals surface area contributed by atoms with Gasteiger partial charge in [-0.15, -0.1) is 0 Å². The van der Waals surface area contributed by atoms with Crippen molar-refractivity contribution in [3.8, 4) is 17.2 Å². The first-order valence-corrected chi connectivity index (χ1v) is 12.7. The second-order valence-electron chi connectivity index (χ2n) is 10.0. The molecule has 2 aromatic rings. The van der Waals surface area contributed by atoms with Crippen LogP contribution in [0.2, 0.25) is 0 Å². The highest BCUT2D eigenvalue weighted by Gasteiger charge is 2.43. The first-order chi connectivity index (χ1) is 18.9. The second-order valence-corrected chi connectivity index (χ2v) is 10.0. The Morgan fingerprint density at radius 3 is 2.50 bits per heavy atom. The van der Waals surface area contributed by atoms with Gasteiger partial charge in [0.15, 0.2) is 17.3 Å². The molecular formula is C29H33NO10. The van der Waals surface area contributed by atoms with Crippen molar-refractivity contribution in [1.29, 1.82) is 0 Å². The molecule has 0 bridgehead atoms. The van der Waals surface area contributed by atoms with Gasteiger partial charge in [-0.05, 0) is 63.1 Å². The van der Waals surface area contributed by atoms with Gasteiger partial charge in [-0.1, -0.05) is 11.6 Å². The molecule has 0 radical (unpaired) electrons. The van der Waals surface area contributed by atoms with Gasteiger partial charge in [0.2, 0.25) is 6.29 Å². The lowest BCUT2D eigenvalue weighted by Crippen LogP contribution is -2.58. The van der Waals surface area contributed by atoms with Crippen LogP contribution in [0.3, 0.4) is 0 Å². The number of phenolic OH excluding ortho intramolecular Hbond substituents is 1. The molecule has 2 aliphatic rings. The summed E-state index contributed by atoms with van der Waals surface area (Å²) in [6.07, 6.45) is -4.47. The number of rotatable bonds is 7. The Balaban J connectivity index is 1.61.